The summed E-state index contributed by atoms with van der Waals surface area (Å²) in [4.78, 5) is 30.9. The van der Waals surface area contributed by atoms with E-state index in [1.807, 2.05) is 0 Å². The van der Waals surface area contributed by atoms with Gasteiger partial charge in [-0.05, 0) is 37.5 Å². The summed E-state index contributed by atoms with van der Waals surface area (Å²) in [6.45, 7) is 3.10. The third kappa shape index (κ3) is 5.18. The van der Waals surface area contributed by atoms with Gasteiger partial charge in [-0.3, -0.25) is 14.9 Å². The van der Waals surface area contributed by atoms with Gasteiger partial charge in [0.25, 0.3) is 5.91 Å². The average Bonchev–Trinajstić information content (AvgIpc) is 3.47. The monoisotopic (exact) mass is 443 g/mol. The molecule has 2 N–H and O–H groups in total. The van der Waals surface area contributed by atoms with Crippen molar-refractivity contribution in [2.75, 3.05) is 18.7 Å². The van der Waals surface area contributed by atoms with E-state index in [-0.39, 0.29) is 24.5 Å². The maximum atomic E-state index is 12.6. The number of ether oxygens (including phenoxy) is 2. The summed E-state index contributed by atoms with van der Waals surface area (Å²) in [6.07, 6.45) is 8.81. The topological polar surface area (TPSA) is 89.6 Å². The molecule has 4 rings (SSSR count). The van der Waals surface area contributed by atoms with Crippen molar-refractivity contribution in [1.82, 2.24) is 10.3 Å². The van der Waals surface area contributed by atoms with E-state index < -0.39 is 0 Å². The van der Waals surface area contributed by atoms with Gasteiger partial charge < -0.3 is 14.8 Å². The molecule has 1 aromatic heterocycles. The molecule has 0 saturated carbocycles. The molecule has 0 fully saturated rings. The lowest BCUT2D eigenvalue weighted by Crippen LogP contribution is -2.29. The molecule has 1 unspecified atom stereocenters. The van der Waals surface area contributed by atoms with Gasteiger partial charge in [0, 0.05) is 17.0 Å². The van der Waals surface area contributed by atoms with Gasteiger partial charge >= 0.3 is 0 Å². The molecule has 1 aliphatic heterocycles. The Morgan fingerprint density at radius 2 is 1.94 bits per heavy atom. The van der Waals surface area contributed by atoms with E-state index >= 15 is 0 Å². The highest BCUT2D eigenvalue weighted by Gasteiger charge is 2.32. The Morgan fingerprint density at radius 1 is 1.13 bits per heavy atom. The number of hydrogen-bond donors (Lipinski definition) is 2. The molecule has 31 heavy (non-hydrogen) atoms. The van der Waals surface area contributed by atoms with Gasteiger partial charge in [-0.25, -0.2) is 4.98 Å². The van der Waals surface area contributed by atoms with Gasteiger partial charge in [-0.15, -0.1) is 11.3 Å². The lowest BCUT2D eigenvalue weighted by atomic mass is 10.1. The average molecular weight is 444 g/mol. The number of aryl methyl sites for hydroxylation is 1. The summed E-state index contributed by atoms with van der Waals surface area (Å²) >= 11 is 1.45. The number of thiazole rings is 1. The standard InChI is InChI=1S/C23H29N3O4S/c1-2-3-4-5-6-7-12-24-22(28)16-9-11-19-20(16)25-23(31-19)26-21(27)15-8-10-17-18(13-15)30-14-29-17/h8,10,13,16H,2-7,9,11-12,14H2,1H3,(H,24,28)(H,25,26,27). The molecule has 1 aromatic carbocycles. The molecular weight excluding hydrogens is 414 g/mol. The lowest BCUT2D eigenvalue weighted by Gasteiger charge is -2.10. The van der Waals surface area contributed by atoms with Crippen LogP contribution in [0.5, 0.6) is 11.5 Å². The predicted octanol–water partition coefficient (Wildman–Crippen LogP) is 4.63. The number of amides is 2. The van der Waals surface area contributed by atoms with Crippen LogP contribution in [0.3, 0.4) is 0 Å². The second kappa shape index (κ2) is 10.1. The normalized spacial score (nSPS) is 16.2. The van der Waals surface area contributed by atoms with Crippen LogP contribution in [0.2, 0.25) is 0 Å². The van der Waals surface area contributed by atoms with Crippen molar-refractivity contribution in [1.29, 1.82) is 0 Å². The smallest absolute Gasteiger partial charge is 0.257 e. The summed E-state index contributed by atoms with van der Waals surface area (Å²) in [6, 6.07) is 5.09. The maximum absolute atomic E-state index is 12.6. The summed E-state index contributed by atoms with van der Waals surface area (Å²) in [5.74, 6) is 0.777. The van der Waals surface area contributed by atoms with E-state index in [0.717, 1.165) is 36.3 Å². The third-order valence-corrected chi connectivity index (χ3v) is 6.77. The Kier molecular flexibility index (Phi) is 7.06. The Labute approximate surface area is 186 Å². The molecule has 0 spiro atoms. The van der Waals surface area contributed by atoms with Crippen LogP contribution in [0, 0.1) is 0 Å². The van der Waals surface area contributed by atoms with Crippen LogP contribution in [-0.4, -0.2) is 30.1 Å². The lowest BCUT2D eigenvalue weighted by molar-refractivity contribution is -0.122. The number of rotatable bonds is 10. The van der Waals surface area contributed by atoms with Crippen LogP contribution in [0.15, 0.2) is 18.2 Å². The number of benzene rings is 1. The van der Waals surface area contributed by atoms with Crippen LogP contribution < -0.4 is 20.1 Å². The number of unbranched alkanes of at least 4 members (excludes halogenated alkanes) is 5. The van der Waals surface area contributed by atoms with Crippen LogP contribution in [0.4, 0.5) is 5.13 Å². The number of nitrogens with one attached hydrogen (secondary N) is 2. The number of carbonyl (C=O) groups is 2. The minimum absolute atomic E-state index is 0.0475. The molecule has 8 heteroatoms. The summed E-state index contributed by atoms with van der Waals surface area (Å²) in [7, 11) is 0. The van der Waals surface area contributed by atoms with Crippen LogP contribution in [0.25, 0.3) is 0 Å². The molecule has 2 aromatic rings. The number of anilines is 1. The Morgan fingerprint density at radius 3 is 2.81 bits per heavy atom. The highest BCUT2D eigenvalue weighted by molar-refractivity contribution is 7.16. The molecular formula is C23H29N3O4S. The second-order valence-electron chi connectivity index (χ2n) is 8.00. The number of fused-ring (bicyclic) bond motifs is 2. The first-order chi connectivity index (χ1) is 15.2. The first-order valence-corrected chi connectivity index (χ1v) is 12.0. The number of aromatic nitrogens is 1. The van der Waals surface area contributed by atoms with Crippen LogP contribution in [0.1, 0.15) is 78.7 Å². The van der Waals surface area contributed by atoms with Gasteiger partial charge in [0.2, 0.25) is 12.7 Å². The van der Waals surface area contributed by atoms with E-state index in [0.29, 0.717) is 28.7 Å². The van der Waals surface area contributed by atoms with Gasteiger partial charge in [0.15, 0.2) is 16.6 Å². The molecule has 1 atom stereocenters. The Balaban J connectivity index is 1.29. The quantitative estimate of drug-likeness (QED) is 0.523. The zero-order valence-electron chi connectivity index (χ0n) is 17.9. The SMILES string of the molecule is CCCCCCCCNC(=O)C1CCc2sc(NC(=O)c3ccc4c(c3)OCO4)nc21. The van der Waals surface area contributed by atoms with Crippen molar-refractivity contribution in [2.24, 2.45) is 0 Å². The minimum atomic E-state index is -0.255. The minimum Gasteiger partial charge on any atom is -0.454 e. The molecule has 1 aliphatic carbocycles. The highest BCUT2D eigenvalue weighted by atomic mass is 32.1. The Hall–Kier alpha value is -2.61. The van der Waals surface area contributed by atoms with Gasteiger partial charge in [-0.2, -0.15) is 0 Å². The second-order valence-corrected chi connectivity index (χ2v) is 9.08. The fraction of sp³-hybridized carbons (Fsp3) is 0.522. The summed E-state index contributed by atoms with van der Waals surface area (Å²) in [5.41, 5.74) is 1.29. The van der Waals surface area contributed by atoms with Crippen LogP contribution in [-0.2, 0) is 11.2 Å². The first kappa shape index (κ1) is 21.6. The fourth-order valence-electron chi connectivity index (χ4n) is 3.98. The van der Waals surface area contributed by atoms with Crippen molar-refractivity contribution in [3.63, 3.8) is 0 Å². The number of nitrogens with zero attached hydrogens (tertiary/aromatic N) is 1. The van der Waals surface area contributed by atoms with E-state index in [1.54, 1.807) is 18.2 Å². The third-order valence-electron chi connectivity index (χ3n) is 5.72. The Bertz CT molecular complexity index is 943. The summed E-state index contributed by atoms with van der Waals surface area (Å²) < 4.78 is 10.6. The maximum Gasteiger partial charge on any atom is 0.257 e. The highest BCUT2D eigenvalue weighted by Crippen LogP contribution is 2.39. The number of carbonyl (C=O) groups excluding carboxylic acids is 2. The molecule has 166 valence electrons. The van der Waals surface area contributed by atoms with Crippen molar-refractivity contribution >= 4 is 28.3 Å². The number of hydrogen-bond acceptors (Lipinski definition) is 6. The van der Waals surface area contributed by atoms with E-state index in [4.69, 9.17) is 9.47 Å². The fourth-order valence-corrected chi connectivity index (χ4v) is 5.02. The predicted molar refractivity (Wildman–Crippen MR) is 120 cm³/mol. The first-order valence-electron chi connectivity index (χ1n) is 11.1. The molecule has 2 heterocycles. The molecule has 7 nitrogen and oxygen atoms in total. The molecule has 2 aliphatic rings. The zero-order chi connectivity index (χ0) is 21.6. The van der Waals surface area contributed by atoms with Crippen LogP contribution >= 0.6 is 11.3 Å². The van der Waals surface area contributed by atoms with E-state index in [9.17, 15) is 9.59 Å². The molecule has 2 amide bonds. The van der Waals surface area contributed by atoms with Gasteiger partial charge in [-0.1, -0.05) is 39.0 Å². The van der Waals surface area contributed by atoms with Crippen molar-refractivity contribution in [2.45, 2.75) is 64.2 Å². The van der Waals surface area contributed by atoms with Gasteiger partial charge in [0.1, 0.15) is 0 Å². The van der Waals surface area contributed by atoms with Crippen molar-refractivity contribution in [3.05, 3.63) is 34.3 Å². The van der Waals surface area contributed by atoms with Crippen molar-refractivity contribution < 1.29 is 19.1 Å². The summed E-state index contributed by atoms with van der Waals surface area (Å²) in [5, 5.41) is 6.45. The largest absolute Gasteiger partial charge is 0.454 e. The molecule has 0 radical (unpaired) electrons. The zero-order valence-corrected chi connectivity index (χ0v) is 18.7. The molecule has 0 saturated heterocycles. The van der Waals surface area contributed by atoms with Gasteiger partial charge in [0.05, 0.1) is 11.6 Å². The molecule has 0 bridgehead atoms. The van der Waals surface area contributed by atoms with E-state index in [2.05, 4.69) is 22.5 Å². The van der Waals surface area contributed by atoms with E-state index in [1.165, 1.54) is 37.0 Å². The van der Waals surface area contributed by atoms with Crippen molar-refractivity contribution in [3.8, 4) is 11.5 Å².